The molecule has 39 heavy (non-hydrogen) atoms. The quantitative estimate of drug-likeness (QED) is 0.345. The first kappa shape index (κ1) is 25.5. The maximum atomic E-state index is 14.3. The van der Waals surface area contributed by atoms with E-state index in [2.05, 4.69) is 31.6 Å². The van der Waals surface area contributed by atoms with Gasteiger partial charge < -0.3 is 4.90 Å². The number of likely N-dealkylation sites (tertiary alicyclic amines) is 1. The Hall–Kier alpha value is -3.82. The van der Waals surface area contributed by atoms with E-state index in [1.165, 1.54) is 4.90 Å². The molecule has 0 unspecified atom stereocenters. The molecular weight excluding hydrogens is 559 g/mol. The number of benzene rings is 2. The number of nitrogens with one attached hydrogen (secondary N) is 1. The molecule has 2 aromatic carbocycles. The van der Waals surface area contributed by atoms with Gasteiger partial charge >= 0.3 is 6.03 Å². The van der Waals surface area contributed by atoms with Crippen molar-refractivity contribution in [2.45, 2.75) is 18.0 Å². The van der Waals surface area contributed by atoms with Gasteiger partial charge in [-0.05, 0) is 52.4 Å². The number of anilines is 1. The number of aromatic amines is 1. The fraction of sp³-hybridized carbons (Fsp3) is 0.231. The fourth-order valence-electron chi connectivity index (χ4n) is 5.50. The molecule has 10 nitrogen and oxygen atoms in total. The molecule has 0 bridgehead atoms. The molecule has 1 N–H and O–H groups in total. The van der Waals surface area contributed by atoms with Crippen LogP contribution in [0, 0.1) is 11.3 Å². The van der Waals surface area contributed by atoms with Gasteiger partial charge in [0, 0.05) is 58.5 Å². The molecule has 2 fully saturated rings. The molecule has 4 heterocycles. The van der Waals surface area contributed by atoms with Crippen molar-refractivity contribution >= 4 is 52.2 Å². The van der Waals surface area contributed by atoms with Crippen molar-refractivity contribution in [2.24, 2.45) is 0 Å². The number of nitrogens with zero attached hydrogens (tertiary/aromatic N) is 7. The van der Waals surface area contributed by atoms with Crippen molar-refractivity contribution in [3.63, 3.8) is 0 Å². The zero-order valence-corrected chi connectivity index (χ0v) is 22.8. The van der Waals surface area contributed by atoms with Gasteiger partial charge in [0.15, 0.2) is 5.82 Å². The number of hydrogen-bond donors (Lipinski definition) is 1. The molecule has 1 spiro atoms. The van der Waals surface area contributed by atoms with Crippen molar-refractivity contribution < 1.29 is 9.59 Å². The highest BCUT2D eigenvalue weighted by Crippen LogP contribution is 2.47. The van der Waals surface area contributed by atoms with Crippen LogP contribution in [0.15, 0.2) is 53.9 Å². The van der Waals surface area contributed by atoms with Crippen LogP contribution in [0.4, 0.5) is 10.5 Å². The SMILES string of the molecule is CN1C(=O)N(c2cc(Cl)cc(Cl)c2)C(=O)[C@]12CN(Cc1cc(-c3nnn[nH]3)cs1)C[C@H]2c1ccc(C#N)cc1. The first-order valence-electron chi connectivity index (χ1n) is 11.9. The van der Waals surface area contributed by atoms with Crippen molar-refractivity contribution in [1.29, 1.82) is 5.26 Å². The molecule has 2 saturated heterocycles. The van der Waals surface area contributed by atoms with Crippen molar-refractivity contribution in [3.8, 4) is 17.5 Å². The third kappa shape index (κ3) is 4.26. The van der Waals surface area contributed by atoms with Crippen LogP contribution in [0.1, 0.15) is 21.9 Å². The molecule has 196 valence electrons. The van der Waals surface area contributed by atoms with E-state index in [0.717, 1.165) is 20.9 Å². The minimum absolute atomic E-state index is 0.320. The van der Waals surface area contributed by atoms with Crippen molar-refractivity contribution in [1.82, 2.24) is 30.4 Å². The largest absolute Gasteiger partial charge is 0.332 e. The van der Waals surface area contributed by atoms with E-state index in [1.54, 1.807) is 48.7 Å². The molecule has 4 aromatic rings. The fourth-order valence-corrected chi connectivity index (χ4v) is 6.93. The monoisotopic (exact) mass is 578 g/mol. The van der Waals surface area contributed by atoms with Crippen LogP contribution in [0.2, 0.25) is 10.0 Å². The molecular formula is C26H20Cl2N8O2S. The predicted molar refractivity (Wildman–Crippen MR) is 147 cm³/mol. The van der Waals surface area contributed by atoms with E-state index in [9.17, 15) is 14.9 Å². The van der Waals surface area contributed by atoms with E-state index in [0.29, 0.717) is 46.8 Å². The number of amides is 3. The number of H-pyrrole nitrogens is 1. The first-order chi connectivity index (χ1) is 18.8. The summed E-state index contributed by atoms with van der Waals surface area (Å²) in [4.78, 5) is 33.9. The second kappa shape index (κ2) is 9.73. The van der Waals surface area contributed by atoms with Gasteiger partial charge in [-0.3, -0.25) is 9.69 Å². The van der Waals surface area contributed by atoms with Crippen LogP contribution in [0.3, 0.4) is 0 Å². The Morgan fingerprint density at radius 3 is 2.56 bits per heavy atom. The van der Waals surface area contributed by atoms with Gasteiger partial charge in [0.1, 0.15) is 5.54 Å². The summed E-state index contributed by atoms with van der Waals surface area (Å²) in [5.41, 5.74) is 1.43. The van der Waals surface area contributed by atoms with E-state index >= 15 is 0 Å². The summed E-state index contributed by atoms with van der Waals surface area (Å²) in [7, 11) is 1.66. The van der Waals surface area contributed by atoms with E-state index in [4.69, 9.17) is 23.2 Å². The highest BCUT2D eigenvalue weighted by Gasteiger charge is 2.64. The predicted octanol–water partition coefficient (Wildman–Crippen LogP) is 4.54. The van der Waals surface area contributed by atoms with Gasteiger partial charge in [0.25, 0.3) is 5.91 Å². The third-order valence-corrected chi connectivity index (χ3v) is 8.69. The topological polar surface area (TPSA) is 122 Å². The van der Waals surface area contributed by atoms with E-state index < -0.39 is 11.6 Å². The van der Waals surface area contributed by atoms with Gasteiger partial charge in [0.05, 0.1) is 17.3 Å². The van der Waals surface area contributed by atoms with Crippen LogP contribution < -0.4 is 4.90 Å². The lowest BCUT2D eigenvalue weighted by molar-refractivity contribution is -0.124. The molecule has 6 rings (SSSR count). The molecule has 0 saturated carbocycles. The number of imide groups is 1. The highest BCUT2D eigenvalue weighted by atomic mass is 35.5. The van der Waals surface area contributed by atoms with Gasteiger partial charge in [-0.25, -0.2) is 14.8 Å². The Morgan fingerprint density at radius 1 is 1.15 bits per heavy atom. The first-order valence-corrected chi connectivity index (χ1v) is 13.6. The van der Waals surface area contributed by atoms with Gasteiger partial charge in [-0.2, -0.15) is 5.26 Å². The number of hydrogen-bond acceptors (Lipinski definition) is 8. The van der Waals surface area contributed by atoms with Crippen molar-refractivity contribution in [3.05, 3.63) is 80.0 Å². The number of aromatic nitrogens is 4. The smallest absolute Gasteiger partial charge is 0.310 e. The average Bonchev–Trinajstić information content (AvgIpc) is 3.70. The standard InChI is InChI=1S/C26H20Cl2N8O2S/c1-34-25(38)36(20-8-18(27)7-19(28)9-20)24(37)26(34)14-35(12-22(26)16-4-2-15(10-29)3-5-16)11-21-6-17(13-39-21)23-30-32-33-31-23/h2-9,13,22H,11-12,14H2,1H3,(H,30,31,32,33)/t22-,26+/m0/s1. The number of thiophene rings is 1. The van der Waals surface area contributed by atoms with Gasteiger partial charge in [0.2, 0.25) is 0 Å². The number of carbonyl (C=O) groups is 2. The summed E-state index contributed by atoms with van der Waals surface area (Å²) in [5.74, 6) is -0.105. The number of halogens is 2. The van der Waals surface area contributed by atoms with Crippen molar-refractivity contribution in [2.75, 3.05) is 25.0 Å². The average molecular weight is 579 g/mol. The minimum atomic E-state index is -1.17. The van der Waals surface area contributed by atoms with Crippen LogP contribution in [0.25, 0.3) is 11.4 Å². The number of rotatable bonds is 5. The molecule has 2 atom stereocenters. The molecule has 2 aromatic heterocycles. The second-order valence-electron chi connectivity index (χ2n) is 9.54. The zero-order valence-electron chi connectivity index (χ0n) is 20.5. The minimum Gasteiger partial charge on any atom is -0.310 e. The lowest BCUT2D eigenvalue weighted by Gasteiger charge is -2.34. The Kier molecular flexibility index (Phi) is 6.35. The van der Waals surface area contributed by atoms with Gasteiger partial charge in [-0.15, -0.1) is 16.4 Å². The summed E-state index contributed by atoms with van der Waals surface area (Å²) >= 11 is 14.0. The van der Waals surface area contributed by atoms with Gasteiger partial charge in [-0.1, -0.05) is 35.3 Å². The molecule has 13 heteroatoms. The zero-order chi connectivity index (χ0) is 27.3. The molecule has 0 aliphatic carbocycles. The number of likely N-dealkylation sites (N-methyl/N-ethyl adjacent to an activating group) is 1. The summed E-state index contributed by atoms with van der Waals surface area (Å²) in [6.45, 7) is 1.41. The molecule has 0 radical (unpaired) electrons. The lowest BCUT2D eigenvalue weighted by atomic mass is 9.80. The lowest BCUT2D eigenvalue weighted by Crippen LogP contribution is -2.53. The molecule has 2 aliphatic rings. The van der Waals surface area contributed by atoms with Crippen LogP contribution in [0.5, 0.6) is 0 Å². The Bertz CT molecular complexity index is 1600. The highest BCUT2D eigenvalue weighted by molar-refractivity contribution is 7.10. The number of urea groups is 1. The summed E-state index contributed by atoms with van der Waals surface area (Å²) in [5, 5.41) is 25.9. The molecule has 3 amide bonds. The molecule has 2 aliphatic heterocycles. The maximum Gasteiger partial charge on any atom is 0.332 e. The van der Waals surface area contributed by atoms with Crippen LogP contribution in [-0.2, 0) is 11.3 Å². The number of nitriles is 1. The summed E-state index contributed by atoms with van der Waals surface area (Å²) < 4.78 is 0. The second-order valence-corrected chi connectivity index (χ2v) is 11.4. The Balaban J connectivity index is 1.38. The van der Waals surface area contributed by atoms with Crippen LogP contribution in [-0.4, -0.2) is 68.0 Å². The number of tetrazole rings is 1. The summed E-state index contributed by atoms with van der Waals surface area (Å²) in [6, 6.07) is 15.6. The third-order valence-electron chi connectivity index (χ3n) is 7.33. The number of carbonyl (C=O) groups excluding carboxylic acids is 2. The Morgan fingerprint density at radius 2 is 1.90 bits per heavy atom. The summed E-state index contributed by atoms with van der Waals surface area (Å²) in [6.07, 6.45) is 0. The van der Waals surface area contributed by atoms with Crippen LogP contribution >= 0.6 is 34.5 Å². The Labute approximate surface area is 237 Å². The maximum absolute atomic E-state index is 14.3. The van der Waals surface area contributed by atoms with E-state index in [-0.39, 0.29) is 11.8 Å². The van der Waals surface area contributed by atoms with E-state index in [1.807, 2.05) is 23.6 Å². The normalized spacial score (nSPS) is 21.3.